The molecule has 1 rings (SSSR count). The summed E-state index contributed by atoms with van der Waals surface area (Å²) in [6.07, 6.45) is -11.0. The molecule has 0 unspecified atom stereocenters. The first-order chi connectivity index (χ1) is 9.71. The van der Waals surface area contributed by atoms with Gasteiger partial charge in [-0.15, -0.1) is 0 Å². The fraction of sp³-hybridized carbons (Fsp3) is 0.500. The van der Waals surface area contributed by atoms with E-state index in [0.717, 1.165) is 28.2 Å². The quantitative estimate of drug-likeness (QED) is 0.749. The predicted molar refractivity (Wildman–Crippen MR) is 65.0 cm³/mol. The zero-order valence-electron chi connectivity index (χ0n) is 11.9. The van der Waals surface area contributed by atoms with Crippen molar-refractivity contribution in [3.63, 3.8) is 0 Å². The molecule has 0 spiro atoms. The first kappa shape index (κ1) is 18.3. The average molecular weight is 336 g/mol. The van der Waals surface area contributed by atoms with Crippen LogP contribution in [0.3, 0.4) is 0 Å². The van der Waals surface area contributed by atoms with Gasteiger partial charge in [0, 0.05) is 28.2 Å². The van der Waals surface area contributed by atoms with Gasteiger partial charge >= 0.3 is 12.4 Å². The van der Waals surface area contributed by atoms with Gasteiger partial charge in [0.25, 0.3) is 0 Å². The number of anilines is 2. The lowest BCUT2D eigenvalue weighted by atomic mass is 10.0. The SMILES string of the molecule is CN(C)c1c(F)c(N(C)C)c(C(F)(F)F)c(F)c1C(F)(F)F. The standard InChI is InChI=1S/C12H12F8N2/c1-21(2)9-5(11(15,16)17)7(13)6(12(18,19)20)10(8(9)14)22(3)4/h1-4H3. The average Bonchev–Trinajstić information content (AvgIpc) is 2.26. The van der Waals surface area contributed by atoms with Crippen molar-refractivity contribution in [3.05, 3.63) is 22.8 Å². The molecule has 0 saturated heterocycles. The van der Waals surface area contributed by atoms with E-state index >= 15 is 0 Å². The van der Waals surface area contributed by atoms with Crippen molar-refractivity contribution in [1.82, 2.24) is 0 Å². The number of rotatable bonds is 2. The summed E-state index contributed by atoms with van der Waals surface area (Å²) in [7, 11) is 3.89. The van der Waals surface area contributed by atoms with Gasteiger partial charge in [-0.1, -0.05) is 0 Å². The molecule has 0 radical (unpaired) electrons. The Balaban J connectivity index is 4.09. The Morgan fingerprint density at radius 1 is 0.591 bits per heavy atom. The summed E-state index contributed by atoms with van der Waals surface area (Å²) < 4.78 is 106. The lowest BCUT2D eigenvalue weighted by Crippen LogP contribution is -2.27. The van der Waals surface area contributed by atoms with Crippen molar-refractivity contribution >= 4 is 11.4 Å². The fourth-order valence-corrected chi connectivity index (χ4v) is 2.02. The van der Waals surface area contributed by atoms with Crippen molar-refractivity contribution in [2.75, 3.05) is 38.0 Å². The number of hydrogen-bond donors (Lipinski definition) is 0. The van der Waals surface area contributed by atoms with Crippen molar-refractivity contribution < 1.29 is 35.1 Å². The second-order valence-corrected chi connectivity index (χ2v) is 4.86. The zero-order valence-corrected chi connectivity index (χ0v) is 11.9. The molecule has 0 fully saturated rings. The summed E-state index contributed by atoms with van der Waals surface area (Å²) in [4.78, 5) is 1.16. The third-order valence-corrected chi connectivity index (χ3v) is 2.79. The van der Waals surface area contributed by atoms with E-state index in [4.69, 9.17) is 0 Å². The van der Waals surface area contributed by atoms with E-state index in [0.29, 0.717) is 9.80 Å². The molecule has 2 nitrogen and oxygen atoms in total. The molecule has 1 aromatic carbocycles. The van der Waals surface area contributed by atoms with E-state index in [1.807, 2.05) is 0 Å². The van der Waals surface area contributed by atoms with Crippen LogP contribution in [0.25, 0.3) is 0 Å². The number of benzene rings is 1. The third kappa shape index (κ3) is 3.05. The highest BCUT2D eigenvalue weighted by Gasteiger charge is 2.48. The van der Waals surface area contributed by atoms with Crippen LogP contribution < -0.4 is 9.80 Å². The molecular formula is C12H12F8N2. The largest absolute Gasteiger partial charge is 0.421 e. The van der Waals surface area contributed by atoms with Crippen molar-refractivity contribution in [3.8, 4) is 0 Å². The normalized spacial score (nSPS) is 12.5. The Morgan fingerprint density at radius 2 is 0.864 bits per heavy atom. The minimum absolute atomic E-state index is 0.578. The number of alkyl halides is 6. The lowest BCUT2D eigenvalue weighted by molar-refractivity contribution is -0.147. The van der Waals surface area contributed by atoms with Crippen LogP contribution in [0.2, 0.25) is 0 Å². The smallest absolute Gasteiger partial charge is 0.375 e. The Bertz CT molecular complexity index is 525. The molecule has 0 aliphatic carbocycles. The van der Waals surface area contributed by atoms with Crippen molar-refractivity contribution in [2.45, 2.75) is 12.4 Å². The summed E-state index contributed by atoms with van der Waals surface area (Å²) in [6.45, 7) is 0. The van der Waals surface area contributed by atoms with Crippen LogP contribution in [0.1, 0.15) is 11.1 Å². The monoisotopic (exact) mass is 336 g/mol. The van der Waals surface area contributed by atoms with Gasteiger partial charge in [-0.2, -0.15) is 26.3 Å². The van der Waals surface area contributed by atoms with Gasteiger partial charge in [-0.3, -0.25) is 0 Å². The van der Waals surface area contributed by atoms with Crippen LogP contribution in [0, 0.1) is 11.6 Å². The van der Waals surface area contributed by atoms with Gasteiger partial charge in [0.2, 0.25) is 0 Å². The maximum Gasteiger partial charge on any atom is 0.421 e. The number of hydrogen-bond acceptors (Lipinski definition) is 2. The van der Waals surface area contributed by atoms with Crippen LogP contribution in [0.5, 0.6) is 0 Å². The molecule has 0 amide bonds. The van der Waals surface area contributed by atoms with E-state index < -0.39 is 46.5 Å². The molecule has 0 saturated carbocycles. The van der Waals surface area contributed by atoms with Crippen LogP contribution in [0.15, 0.2) is 0 Å². The predicted octanol–water partition coefficient (Wildman–Crippen LogP) is 4.13. The van der Waals surface area contributed by atoms with E-state index in [-0.39, 0.29) is 0 Å². The second kappa shape index (κ2) is 5.47. The molecule has 0 aromatic heterocycles. The molecule has 22 heavy (non-hydrogen) atoms. The summed E-state index contributed by atoms with van der Waals surface area (Å²) in [5.41, 5.74) is -7.15. The van der Waals surface area contributed by atoms with Gasteiger partial charge < -0.3 is 9.80 Å². The van der Waals surface area contributed by atoms with Gasteiger partial charge in [-0.25, -0.2) is 8.78 Å². The molecule has 0 bridgehead atoms. The maximum atomic E-state index is 14.3. The molecule has 1 aromatic rings. The van der Waals surface area contributed by atoms with E-state index in [2.05, 4.69) is 0 Å². The Labute approximate surface area is 120 Å². The van der Waals surface area contributed by atoms with Gasteiger partial charge in [0.1, 0.15) is 11.1 Å². The van der Waals surface area contributed by atoms with Crippen LogP contribution in [-0.4, -0.2) is 28.2 Å². The van der Waals surface area contributed by atoms with Crippen LogP contribution in [-0.2, 0) is 12.4 Å². The van der Waals surface area contributed by atoms with Crippen molar-refractivity contribution in [2.24, 2.45) is 0 Å². The number of nitrogens with zero attached hydrogens (tertiary/aromatic N) is 2. The highest BCUT2D eigenvalue weighted by molar-refractivity contribution is 5.70. The van der Waals surface area contributed by atoms with Gasteiger partial charge in [0.15, 0.2) is 11.6 Å². The minimum atomic E-state index is -5.49. The first-order valence-electron chi connectivity index (χ1n) is 5.75. The van der Waals surface area contributed by atoms with Crippen LogP contribution in [0.4, 0.5) is 46.5 Å². The zero-order chi connectivity index (χ0) is 17.6. The van der Waals surface area contributed by atoms with Crippen molar-refractivity contribution in [1.29, 1.82) is 0 Å². The van der Waals surface area contributed by atoms with E-state index in [1.54, 1.807) is 0 Å². The molecule has 10 heteroatoms. The van der Waals surface area contributed by atoms with Crippen LogP contribution >= 0.6 is 0 Å². The summed E-state index contributed by atoms with van der Waals surface area (Å²) in [5, 5.41) is 0. The summed E-state index contributed by atoms with van der Waals surface area (Å²) in [6, 6.07) is 0. The minimum Gasteiger partial charge on any atom is -0.375 e. The van der Waals surface area contributed by atoms with E-state index in [1.165, 1.54) is 0 Å². The fourth-order valence-electron chi connectivity index (χ4n) is 2.02. The molecule has 126 valence electrons. The highest BCUT2D eigenvalue weighted by atomic mass is 19.4. The molecule has 0 heterocycles. The molecule has 0 aliphatic heterocycles. The second-order valence-electron chi connectivity index (χ2n) is 4.86. The Morgan fingerprint density at radius 3 is 1.05 bits per heavy atom. The molecule has 0 N–H and O–H groups in total. The molecule has 0 aliphatic rings. The Kier molecular flexibility index (Phi) is 4.55. The molecular weight excluding hydrogens is 324 g/mol. The maximum absolute atomic E-state index is 14.3. The third-order valence-electron chi connectivity index (χ3n) is 2.79. The molecule has 0 atom stereocenters. The van der Waals surface area contributed by atoms with Gasteiger partial charge in [0.05, 0.1) is 11.4 Å². The summed E-state index contributed by atoms with van der Waals surface area (Å²) >= 11 is 0. The first-order valence-corrected chi connectivity index (χ1v) is 5.75. The topological polar surface area (TPSA) is 6.48 Å². The highest BCUT2D eigenvalue weighted by Crippen LogP contribution is 2.49. The number of halogens is 8. The van der Waals surface area contributed by atoms with Gasteiger partial charge in [-0.05, 0) is 0 Å². The van der Waals surface area contributed by atoms with E-state index in [9.17, 15) is 35.1 Å². The Hall–Kier alpha value is -1.74. The summed E-state index contributed by atoms with van der Waals surface area (Å²) in [5.74, 6) is -4.34. The lowest BCUT2D eigenvalue weighted by Gasteiger charge is -2.28.